The summed E-state index contributed by atoms with van der Waals surface area (Å²) in [5.41, 5.74) is 3.32. The normalized spacial score (nSPS) is 12.1. The summed E-state index contributed by atoms with van der Waals surface area (Å²) in [5, 5.41) is 2.68. The minimum absolute atomic E-state index is 0.0237. The maximum Gasteiger partial charge on any atom is 0.251 e. The van der Waals surface area contributed by atoms with Crippen molar-refractivity contribution < 1.29 is 18.0 Å². The molecule has 0 atom stereocenters. The third kappa shape index (κ3) is 6.25. The number of amides is 1. The number of H-pyrrole nitrogens is 1. The van der Waals surface area contributed by atoms with E-state index in [0.29, 0.717) is 33.5 Å². The van der Waals surface area contributed by atoms with Crippen molar-refractivity contribution in [1.29, 1.82) is 0 Å². The fourth-order valence-electron chi connectivity index (χ4n) is 3.72. The Kier molecular flexibility index (Phi) is 7.64. The highest BCUT2D eigenvalue weighted by atomic mass is 32.2. The van der Waals surface area contributed by atoms with Crippen LogP contribution in [0.2, 0.25) is 0 Å². The van der Waals surface area contributed by atoms with Crippen LogP contribution in [-0.2, 0) is 9.84 Å². The van der Waals surface area contributed by atoms with Gasteiger partial charge in [-0.05, 0) is 32.0 Å². The molecule has 2 N–H and O–H groups in total. The van der Waals surface area contributed by atoms with Crippen LogP contribution in [0.4, 0.5) is 5.69 Å². The molecule has 3 rings (SSSR count). The molecule has 35 heavy (non-hydrogen) atoms. The van der Waals surface area contributed by atoms with E-state index in [0.717, 1.165) is 25.0 Å². The first-order valence-electron chi connectivity index (χ1n) is 11.6. The summed E-state index contributed by atoms with van der Waals surface area (Å²) in [6.45, 7) is 11.1. The average molecular weight is 500 g/mol. The number of benzene rings is 1. The molecular formula is C25H33N5O4S. The van der Waals surface area contributed by atoms with Crippen LogP contribution in [0.1, 0.15) is 55.3 Å². The van der Waals surface area contributed by atoms with Gasteiger partial charge < -0.3 is 15.2 Å². The topological polar surface area (TPSA) is 125 Å². The van der Waals surface area contributed by atoms with Crippen molar-refractivity contribution in [3.8, 4) is 11.3 Å². The van der Waals surface area contributed by atoms with Gasteiger partial charge in [0, 0.05) is 54.3 Å². The van der Waals surface area contributed by atoms with Crippen molar-refractivity contribution >= 4 is 38.4 Å². The molecule has 0 aliphatic heterocycles. The summed E-state index contributed by atoms with van der Waals surface area (Å²) in [6, 6.07) is 5.42. The summed E-state index contributed by atoms with van der Waals surface area (Å²) in [6.07, 6.45) is 4.37. The lowest BCUT2D eigenvalue weighted by Gasteiger charge is -2.22. The standard InChI is InChI=1S/C25H33N5O4S/c1-7-30(8-2)18-12-16(11-17(13-18)24(32)26-9-10-35(6,33)34)20-15-28-23-21(29-20)19(14-27-23)22(31)25(3,4)5/h11-15H,7-10H2,1-6H3,(H,26,32)(H,27,28). The van der Waals surface area contributed by atoms with Gasteiger partial charge >= 0.3 is 0 Å². The molecule has 0 unspecified atom stereocenters. The fourth-order valence-corrected chi connectivity index (χ4v) is 4.19. The van der Waals surface area contributed by atoms with Crippen molar-refractivity contribution in [2.45, 2.75) is 34.6 Å². The molecule has 0 saturated carbocycles. The van der Waals surface area contributed by atoms with Crippen LogP contribution in [0, 0.1) is 5.41 Å². The van der Waals surface area contributed by atoms with Gasteiger partial charge in [0.25, 0.3) is 5.91 Å². The minimum atomic E-state index is -3.19. The van der Waals surface area contributed by atoms with E-state index in [-0.39, 0.29) is 24.0 Å². The van der Waals surface area contributed by atoms with Gasteiger partial charge in [-0.15, -0.1) is 0 Å². The minimum Gasteiger partial charge on any atom is -0.372 e. The average Bonchev–Trinajstić information content (AvgIpc) is 3.20. The lowest BCUT2D eigenvalue weighted by atomic mass is 9.87. The molecule has 1 amide bonds. The van der Waals surface area contributed by atoms with Crippen LogP contribution in [-0.4, -0.2) is 66.7 Å². The first-order valence-corrected chi connectivity index (χ1v) is 13.6. The number of aromatic nitrogens is 3. The quantitative estimate of drug-likeness (QED) is 0.432. The second-order valence-corrected chi connectivity index (χ2v) is 11.8. The Hall–Kier alpha value is -3.27. The van der Waals surface area contributed by atoms with Crippen LogP contribution in [0.15, 0.2) is 30.6 Å². The fraction of sp³-hybridized carbons (Fsp3) is 0.440. The lowest BCUT2D eigenvalue weighted by Crippen LogP contribution is -2.29. The number of hydrogen-bond acceptors (Lipinski definition) is 7. The highest BCUT2D eigenvalue weighted by molar-refractivity contribution is 7.90. The molecule has 0 radical (unpaired) electrons. The molecule has 2 heterocycles. The van der Waals surface area contributed by atoms with Crippen molar-refractivity contribution in [3.05, 3.63) is 41.7 Å². The van der Waals surface area contributed by atoms with Crippen LogP contribution < -0.4 is 10.2 Å². The van der Waals surface area contributed by atoms with Crippen molar-refractivity contribution in [2.24, 2.45) is 5.41 Å². The van der Waals surface area contributed by atoms with Crippen molar-refractivity contribution in [3.63, 3.8) is 0 Å². The number of rotatable bonds is 9. The highest BCUT2D eigenvalue weighted by Crippen LogP contribution is 2.29. The van der Waals surface area contributed by atoms with E-state index in [1.807, 2.05) is 40.7 Å². The first kappa shape index (κ1) is 26.3. The Morgan fingerprint density at radius 1 is 1.11 bits per heavy atom. The number of nitrogens with one attached hydrogen (secondary N) is 2. The molecule has 1 aromatic carbocycles. The van der Waals surface area contributed by atoms with Gasteiger partial charge in [0.2, 0.25) is 0 Å². The number of fused-ring (bicyclic) bond motifs is 1. The van der Waals surface area contributed by atoms with E-state index in [1.165, 1.54) is 0 Å². The summed E-state index contributed by atoms with van der Waals surface area (Å²) < 4.78 is 22.9. The Balaban J connectivity index is 2.07. The molecule has 0 aliphatic carbocycles. The highest BCUT2D eigenvalue weighted by Gasteiger charge is 2.26. The Morgan fingerprint density at radius 2 is 1.80 bits per heavy atom. The molecule has 0 aliphatic rings. The van der Waals surface area contributed by atoms with Gasteiger partial charge in [-0.2, -0.15) is 0 Å². The molecule has 9 nitrogen and oxygen atoms in total. The summed E-state index contributed by atoms with van der Waals surface area (Å²) >= 11 is 0. The van der Waals surface area contributed by atoms with E-state index in [2.05, 4.69) is 20.2 Å². The third-order valence-corrected chi connectivity index (χ3v) is 6.62. The van der Waals surface area contributed by atoms with Gasteiger partial charge in [0.15, 0.2) is 11.4 Å². The number of anilines is 1. The van der Waals surface area contributed by atoms with E-state index >= 15 is 0 Å². The van der Waals surface area contributed by atoms with E-state index in [1.54, 1.807) is 24.5 Å². The van der Waals surface area contributed by atoms with Crippen LogP contribution >= 0.6 is 0 Å². The number of carbonyl (C=O) groups excluding carboxylic acids is 2. The molecule has 0 bridgehead atoms. The van der Waals surface area contributed by atoms with Gasteiger partial charge in [-0.25, -0.2) is 18.4 Å². The van der Waals surface area contributed by atoms with Crippen molar-refractivity contribution in [1.82, 2.24) is 20.3 Å². The number of Topliss-reactive ketones (excluding diaryl/α,β-unsaturated/α-hetero) is 1. The number of ketones is 1. The van der Waals surface area contributed by atoms with Gasteiger partial charge in [-0.3, -0.25) is 9.59 Å². The van der Waals surface area contributed by atoms with Crippen LogP contribution in [0.25, 0.3) is 22.4 Å². The van der Waals surface area contributed by atoms with E-state index in [4.69, 9.17) is 4.98 Å². The zero-order chi connectivity index (χ0) is 26.0. The Morgan fingerprint density at radius 3 is 2.40 bits per heavy atom. The van der Waals surface area contributed by atoms with E-state index < -0.39 is 15.3 Å². The third-order valence-electron chi connectivity index (χ3n) is 5.67. The van der Waals surface area contributed by atoms with Crippen LogP contribution in [0.5, 0.6) is 0 Å². The number of carbonyl (C=O) groups is 2. The predicted octanol–water partition coefficient (Wildman–Crippen LogP) is 3.47. The van der Waals surface area contributed by atoms with Gasteiger partial charge in [-0.1, -0.05) is 20.8 Å². The zero-order valence-corrected chi connectivity index (χ0v) is 21.9. The van der Waals surface area contributed by atoms with Crippen molar-refractivity contribution in [2.75, 3.05) is 36.5 Å². The summed E-state index contributed by atoms with van der Waals surface area (Å²) in [7, 11) is -3.19. The smallest absolute Gasteiger partial charge is 0.251 e. The molecule has 10 heteroatoms. The molecular weight excluding hydrogens is 466 g/mol. The second-order valence-electron chi connectivity index (χ2n) is 9.56. The predicted molar refractivity (Wildman–Crippen MR) is 139 cm³/mol. The summed E-state index contributed by atoms with van der Waals surface area (Å²) in [5.74, 6) is -0.553. The number of hydrogen-bond donors (Lipinski definition) is 2. The SMILES string of the molecule is CCN(CC)c1cc(C(=O)NCCS(C)(=O)=O)cc(-c2cnc3[nH]cc(C(=O)C(C)(C)C)c3n2)c1. The lowest BCUT2D eigenvalue weighted by molar-refractivity contribution is 0.0859. The van der Waals surface area contributed by atoms with E-state index in [9.17, 15) is 18.0 Å². The zero-order valence-electron chi connectivity index (χ0n) is 21.1. The molecule has 188 valence electrons. The second kappa shape index (κ2) is 10.2. The number of nitrogens with zero attached hydrogens (tertiary/aromatic N) is 3. The molecule has 2 aromatic heterocycles. The molecule has 0 spiro atoms. The molecule has 3 aromatic rings. The van der Waals surface area contributed by atoms with Crippen LogP contribution in [0.3, 0.4) is 0 Å². The first-order chi connectivity index (χ1) is 16.3. The van der Waals surface area contributed by atoms with Gasteiger partial charge in [0.1, 0.15) is 15.4 Å². The number of sulfone groups is 1. The largest absolute Gasteiger partial charge is 0.372 e. The Labute approximate surface area is 206 Å². The number of aromatic amines is 1. The maximum absolute atomic E-state index is 12.9. The van der Waals surface area contributed by atoms with Gasteiger partial charge in [0.05, 0.1) is 23.2 Å². The Bertz CT molecular complexity index is 1350. The monoisotopic (exact) mass is 499 g/mol. The molecule has 0 saturated heterocycles. The summed E-state index contributed by atoms with van der Waals surface area (Å²) in [4.78, 5) is 40.1. The molecule has 0 fully saturated rings. The maximum atomic E-state index is 12.9.